The number of aromatic nitrogens is 4. The lowest BCUT2D eigenvalue weighted by molar-refractivity contribution is 0.0730. The number of likely N-dealkylation sites (tertiary alicyclic amines) is 1. The highest BCUT2D eigenvalue weighted by Crippen LogP contribution is 2.49. The van der Waals surface area contributed by atoms with Crippen molar-refractivity contribution in [3.8, 4) is 6.01 Å². The summed E-state index contributed by atoms with van der Waals surface area (Å²) in [6.07, 6.45) is 3.40. The molecular formula is C18H20F3N5O2. The molecule has 0 aromatic carbocycles. The van der Waals surface area contributed by atoms with E-state index in [1.807, 2.05) is 0 Å². The van der Waals surface area contributed by atoms with E-state index in [1.165, 1.54) is 17.9 Å². The molecule has 0 bridgehead atoms. The standard InChI is InChI=1S/C18H20F3N5O2/c1-25-8-13(14(24-25)15(20)21)16(27)26-7-11-3-2-4-18(11,9-26)10-28-17-22-5-12(19)6-23-17/h5-6,8,11,15H,2-4,7,9-10H2,1H3. The summed E-state index contributed by atoms with van der Waals surface area (Å²) in [6, 6.07) is 0.0819. The molecule has 0 N–H and O–H groups in total. The number of rotatable bonds is 5. The molecular weight excluding hydrogens is 375 g/mol. The fraction of sp³-hybridized carbons (Fsp3) is 0.556. The van der Waals surface area contributed by atoms with Crippen LogP contribution in [0.5, 0.6) is 6.01 Å². The van der Waals surface area contributed by atoms with Crippen LogP contribution in [0.25, 0.3) is 0 Å². The predicted molar refractivity (Wildman–Crippen MR) is 91.3 cm³/mol. The summed E-state index contributed by atoms with van der Waals surface area (Å²) in [5, 5.41) is 3.72. The normalized spacial score (nSPS) is 24.0. The van der Waals surface area contributed by atoms with E-state index in [0.717, 1.165) is 31.7 Å². The van der Waals surface area contributed by atoms with E-state index in [9.17, 15) is 18.0 Å². The van der Waals surface area contributed by atoms with Gasteiger partial charge in [0.1, 0.15) is 5.69 Å². The molecule has 2 aromatic heterocycles. The number of nitrogens with zero attached hydrogens (tertiary/aromatic N) is 5. The van der Waals surface area contributed by atoms with E-state index in [4.69, 9.17) is 4.74 Å². The maximum absolute atomic E-state index is 13.2. The summed E-state index contributed by atoms with van der Waals surface area (Å²) >= 11 is 0. The molecule has 150 valence electrons. The van der Waals surface area contributed by atoms with Gasteiger partial charge in [-0.15, -0.1) is 0 Å². The van der Waals surface area contributed by atoms with Crippen molar-refractivity contribution < 1.29 is 22.7 Å². The molecule has 2 unspecified atom stereocenters. The highest BCUT2D eigenvalue weighted by molar-refractivity contribution is 5.95. The Labute approximate surface area is 159 Å². The summed E-state index contributed by atoms with van der Waals surface area (Å²) in [5.74, 6) is -0.771. The van der Waals surface area contributed by atoms with E-state index in [2.05, 4.69) is 15.1 Å². The molecule has 1 saturated heterocycles. The predicted octanol–water partition coefficient (Wildman–Crippen LogP) is 2.61. The second-order valence-corrected chi connectivity index (χ2v) is 7.51. The van der Waals surface area contributed by atoms with Crippen LogP contribution in [0.1, 0.15) is 41.7 Å². The Bertz CT molecular complexity index is 873. The fourth-order valence-electron chi connectivity index (χ4n) is 4.39. The van der Waals surface area contributed by atoms with Crippen LogP contribution >= 0.6 is 0 Å². The highest BCUT2D eigenvalue weighted by atomic mass is 19.3. The van der Waals surface area contributed by atoms with Gasteiger partial charge < -0.3 is 9.64 Å². The average Bonchev–Trinajstić information content (AvgIpc) is 3.32. The van der Waals surface area contributed by atoms with Gasteiger partial charge in [0.25, 0.3) is 12.3 Å². The van der Waals surface area contributed by atoms with Crippen molar-refractivity contribution in [2.75, 3.05) is 19.7 Å². The number of carbonyl (C=O) groups excluding carboxylic acids is 1. The quantitative estimate of drug-likeness (QED) is 0.778. The topological polar surface area (TPSA) is 73.1 Å². The second-order valence-electron chi connectivity index (χ2n) is 7.51. The third-order valence-corrected chi connectivity index (χ3v) is 5.71. The number of hydrogen-bond acceptors (Lipinski definition) is 5. The minimum atomic E-state index is -2.81. The lowest BCUT2D eigenvalue weighted by atomic mass is 9.82. The Hall–Kier alpha value is -2.65. The van der Waals surface area contributed by atoms with E-state index in [1.54, 1.807) is 4.90 Å². The summed E-state index contributed by atoms with van der Waals surface area (Å²) in [7, 11) is 1.51. The van der Waals surface area contributed by atoms with Gasteiger partial charge >= 0.3 is 6.01 Å². The number of aryl methyl sites for hydroxylation is 1. The Morgan fingerprint density at radius 2 is 2.14 bits per heavy atom. The first-order valence-corrected chi connectivity index (χ1v) is 9.09. The van der Waals surface area contributed by atoms with Gasteiger partial charge in [-0.25, -0.2) is 23.1 Å². The molecule has 10 heteroatoms. The largest absolute Gasteiger partial charge is 0.463 e. The van der Waals surface area contributed by atoms with Gasteiger partial charge in [0.15, 0.2) is 5.82 Å². The molecule has 28 heavy (non-hydrogen) atoms. The Kier molecular flexibility index (Phi) is 4.72. The molecule has 0 radical (unpaired) electrons. The average molecular weight is 395 g/mol. The van der Waals surface area contributed by atoms with Crippen molar-refractivity contribution in [1.82, 2.24) is 24.6 Å². The van der Waals surface area contributed by atoms with Gasteiger partial charge in [-0.1, -0.05) is 6.42 Å². The van der Waals surface area contributed by atoms with Gasteiger partial charge in [0, 0.05) is 31.7 Å². The number of halogens is 3. The second kappa shape index (κ2) is 7.06. The fourth-order valence-corrected chi connectivity index (χ4v) is 4.39. The zero-order chi connectivity index (χ0) is 19.9. The molecule has 1 aliphatic carbocycles. The van der Waals surface area contributed by atoms with Gasteiger partial charge in [-0.05, 0) is 18.8 Å². The molecule has 2 fully saturated rings. The number of ether oxygens (including phenoxy) is 1. The molecule has 2 aromatic rings. The minimum Gasteiger partial charge on any atom is -0.463 e. The monoisotopic (exact) mass is 395 g/mol. The molecule has 7 nitrogen and oxygen atoms in total. The number of carbonyl (C=O) groups is 1. The van der Waals surface area contributed by atoms with E-state index in [-0.39, 0.29) is 22.9 Å². The smallest absolute Gasteiger partial charge is 0.316 e. The summed E-state index contributed by atoms with van der Waals surface area (Å²) in [4.78, 5) is 22.1. The van der Waals surface area contributed by atoms with Crippen molar-refractivity contribution in [3.05, 3.63) is 35.7 Å². The zero-order valence-electron chi connectivity index (χ0n) is 15.3. The Morgan fingerprint density at radius 3 is 2.86 bits per heavy atom. The number of hydrogen-bond donors (Lipinski definition) is 0. The van der Waals surface area contributed by atoms with Gasteiger partial charge in [0.05, 0.1) is 24.6 Å². The molecule has 2 aliphatic rings. The maximum atomic E-state index is 13.2. The van der Waals surface area contributed by atoms with Crippen LogP contribution in [-0.2, 0) is 7.05 Å². The molecule has 1 aliphatic heterocycles. The van der Waals surface area contributed by atoms with Crippen LogP contribution in [0.2, 0.25) is 0 Å². The van der Waals surface area contributed by atoms with Crippen molar-refractivity contribution in [2.45, 2.75) is 25.7 Å². The number of amides is 1. The van der Waals surface area contributed by atoms with Gasteiger partial charge in [-0.3, -0.25) is 9.48 Å². The first-order chi connectivity index (χ1) is 13.4. The molecule has 1 amide bonds. The molecule has 0 spiro atoms. The Balaban J connectivity index is 1.50. The van der Waals surface area contributed by atoms with Crippen LogP contribution in [0.4, 0.5) is 13.2 Å². The zero-order valence-corrected chi connectivity index (χ0v) is 15.3. The minimum absolute atomic E-state index is 0.0598. The lowest BCUT2D eigenvalue weighted by Crippen LogP contribution is -2.36. The van der Waals surface area contributed by atoms with Crippen molar-refractivity contribution in [1.29, 1.82) is 0 Å². The van der Waals surface area contributed by atoms with Crippen LogP contribution in [-0.4, -0.2) is 50.3 Å². The van der Waals surface area contributed by atoms with Crippen molar-refractivity contribution in [3.63, 3.8) is 0 Å². The highest BCUT2D eigenvalue weighted by Gasteiger charge is 2.51. The third kappa shape index (κ3) is 3.31. The summed E-state index contributed by atoms with van der Waals surface area (Å²) < 4.78 is 46.3. The Morgan fingerprint density at radius 1 is 1.39 bits per heavy atom. The first kappa shape index (κ1) is 18.7. The van der Waals surface area contributed by atoms with Crippen LogP contribution < -0.4 is 4.74 Å². The third-order valence-electron chi connectivity index (χ3n) is 5.71. The van der Waals surface area contributed by atoms with Crippen LogP contribution in [0, 0.1) is 17.2 Å². The SMILES string of the molecule is Cn1cc(C(=O)N2CC3CCCC3(COc3ncc(F)cn3)C2)c(C(F)F)n1. The summed E-state index contributed by atoms with van der Waals surface area (Å²) in [5.41, 5.74) is -0.828. The summed E-state index contributed by atoms with van der Waals surface area (Å²) in [6.45, 7) is 1.20. The molecule has 4 rings (SSSR count). The van der Waals surface area contributed by atoms with Crippen molar-refractivity contribution >= 4 is 5.91 Å². The molecule has 1 saturated carbocycles. The van der Waals surface area contributed by atoms with E-state index < -0.39 is 23.8 Å². The van der Waals surface area contributed by atoms with Gasteiger partial charge in [-0.2, -0.15) is 5.10 Å². The lowest BCUT2D eigenvalue weighted by Gasteiger charge is -2.28. The van der Waals surface area contributed by atoms with Crippen LogP contribution in [0.15, 0.2) is 18.6 Å². The van der Waals surface area contributed by atoms with Crippen molar-refractivity contribution in [2.24, 2.45) is 18.4 Å². The van der Waals surface area contributed by atoms with Gasteiger partial charge in [0.2, 0.25) is 0 Å². The van der Waals surface area contributed by atoms with Crippen LogP contribution in [0.3, 0.4) is 0 Å². The number of alkyl halides is 2. The maximum Gasteiger partial charge on any atom is 0.316 e. The molecule has 2 atom stereocenters. The van der Waals surface area contributed by atoms with E-state index >= 15 is 0 Å². The van der Waals surface area contributed by atoms with E-state index in [0.29, 0.717) is 19.7 Å². The number of fused-ring (bicyclic) bond motifs is 1. The molecule has 3 heterocycles. The first-order valence-electron chi connectivity index (χ1n) is 9.09.